The number of para-hydroxylation sites is 1. The molecular formula is C16H17FN2O2. The molecule has 2 aromatic rings. The van der Waals surface area contributed by atoms with Gasteiger partial charge in [0.2, 0.25) is 0 Å². The molecule has 0 saturated carbocycles. The molecule has 4 nitrogen and oxygen atoms in total. The first kappa shape index (κ1) is 15.1. The van der Waals surface area contributed by atoms with Crippen LogP contribution < -0.4 is 5.32 Å². The van der Waals surface area contributed by atoms with Gasteiger partial charge in [0.15, 0.2) is 0 Å². The van der Waals surface area contributed by atoms with E-state index in [0.29, 0.717) is 18.5 Å². The number of hydrogen-bond acceptors (Lipinski definition) is 3. The zero-order chi connectivity index (χ0) is 15.2. The number of benzene rings is 2. The third kappa shape index (κ3) is 4.10. The molecule has 0 fully saturated rings. The Labute approximate surface area is 122 Å². The molecule has 0 aliphatic heterocycles. The van der Waals surface area contributed by atoms with Crippen LogP contribution in [-0.2, 0) is 6.42 Å². The molecule has 0 amide bonds. The van der Waals surface area contributed by atoms with Crippen LogP contribution in [0.5, 0.6) is 0 Å². The lowest BCUT2D eigenvalue weighted by atomic mass is 10.1. The number of nitro groups is 1. The first-order valence-corrected chi connectivity index (χ1v) is 6.79. The molecule has 0 aliphatic carbocycles. The van der Waals surface area contributed by atoms with E-state index in [1.807, 2.05) is 6.92 Å². The minimum atomic E-state index is -0.362. The highest BCUT2D eigenvalue weighted by molar-refractivity contribution is 5.39. The molecular weight excluding hydrogens is 271 g/mol. The van der Waals surface area contributed by atoms with Crippen molar-refractivity contribution in [3.05, 3.63) is 75.6 Å². The summed E-state index contributed by atoms with van der Waals surface area (Å²) in [6.45, 7) is 2.59. The van der Waals surface area contributed by atoms with Crippen molar-refractivity contribution in [3.63, 3.8) is 0 Å². The van der Waals surface area contributed by atoms with Crippen molar-refractivity contribution in [2.75, 3.05) is 6.54 Å². The minimum Gasteiger partial charge on any atom is -0.310 e. The largest absolute Gasteiger partial charge is 0.310 e. The van der Waals surface area contributed by atoms with Crippen LogP contribution >= 0.6 is 0 Å². The Morgan fingerprint density at radius 1 is 1.19 bits per heavy atom. The molecule has 0 aliphatic rings. The van der Waals surface area contributed by atoms with Crippen LogP contribution in [0.4, 0.5) is 10.1 Å². The van der Waals surface area contributed by atoms with E-state index < -0.39 is 0 Å². The van der Waals surface area contributed by atoms with Gasteiger partial charge >= 0.3 is 0 Å². The summed E-state index contributed by atoms with van der Waals surface area (Å²) in [7, 11) is 0. The average molecular weight is 288 g/mol. The monoisotopic (exact) mass is 288 g/mol. The van der Waals surface area contributed by atoms with Gasteiger partial charge in [0.05, 0.1) is 4.92 Å². The lowest BCUT2D eigenvalue weighted by molar-refractivity contribution is -0.385. The molecule has 110 valence electrons. The van der Waals surface area contributed by atoms with E-state index in [1.165, 1.54) is 18.2 Å². The van der Waals surface area contributed by atoms with E-state index >= 15 is 0 Å². The minimum absolute atomic E-state index is 0.0633. The normalized spacial score (nSPS) is 12.1. The maximum absolute atomic E-state index is 12.9. The molecule has 0 bridgehead atoms. The third-order valence-corrected chi connectivity index (χ3v) is 3.40. The third-order valence-electron chi connectivity index (χ3n) is 3.40. The Balaban J connectivity index is 1.92. The number of nitro benzene ring substituents is 1. The van der Waals surface area contributed by atoms with Crippen molar-refractivity contribution in [1.82, 2.24) is 5.32 Å². The quantitative estimate of drug-likeness (QED) is 0.652. The molecule has 1 N–H and O–H groups in total. The number of hydrogen-bond donors (Lipinski definition) is 1. The van der Waals surface area contributed by atoms with Gasteiger partial charge in [-0.15, -0.1) is 0 Å². The maximum atomic E-state index is 12.9. The predicted octanol–water partition coefficient (Wildman–Crippen LogP) is 3.63. The smallest absolute Gasteiger partial charge is 0.272 e. The van der Waals surface area contributed by atoms with Crippen molar-refractivity contribution in [1.29, 1.82) is 0 Å². The van der Waals surface area contributed by atoms with Crippen LogP contribution in [0.25, 0.3) is 0 Å². The highest BCUT2D eigenvalue weighted by Crippen LogP contribution is 2.18. The standard InChI is InChI=1S/C16H17FN2O2/c1-12(13-6-8-15(17)9-7-13)18-11-10-14-4-2-3-5-16(14)19(20)21/h2-9,12,18H,10-11H2,1H3/t12-/m1/s1. The Morgan fingerprint density at radius 2 is 1.86 bits per heavy atom. The van der Waals surface area contributed by atoms with Crippen LogP contribution in [0, 0.1) is 15.9 Å². The summed E-state index contributed by atoms with van der Waals surface area (Å²) in [4.78, 5) is 10.6. The number of nitrogens with zero attached hydrogens (tertiary/aromatic N) is 1. The number of rotatable bonds is 6. The molecule has 5 heteroatoms. The molecule has 0 saturated heterocycles. The molecule has 1 atom stereocenters. The van der Waals surface area contributed by atoms with Crippen molar-refractivity contribution >= 4 is 5.69 Å². The lowest BCUT2D eigenvalue weighted by Crippen LogP contribution is -2.21. The zero-order valence-electron chi connectivity index (χ0n) is 11.8. The first-order chi connectivity index (χ1) is 10.1. The second-order valence-corrected chi connectivity index (χ2v) is 4.86. The Hall–Kier alpha value is -2.27. The van der Waals surface area contributed by atoms with Crippen LogP contribution in [0.3, 0.4) is 0 Å². The SMILES string of the molecule is C[C@@H](NCCc1ccccc1[N+](=O)[O-])c1ccc(F)cc1. The van der Waals surface area contributed by atoms with E-state index in [0.717, 1.165) is 5.56 Å². The maximum Gasteiger partial charge on any atom is 0.272 e. The van der Waals surface area contributed by atoms with E-state index in [2.05, 4.69) is 5.32 Å². The highest BCUT2D eigenvalue weighted by Gasteiger charge is 2.12. The van der Waals surface area contributed by atoms with Gasteiger partial charge in [-0.1, -0.05) is 30.3 Å². The second kappa shape index (κ2) is 6.95. The fraction of sp³-hybridized carbons (Fsp3) is 0.250. The van der Waals surface area contributed by atoms with Crippen molar-refractivity contribution in [2.24, 2.45) is 0 Å². The fourth-order valence-corrected chi connectivity index (χ4v) is 2.19. The van der Waals surface area contributed by atoms with Crippen LogP contribution in [-0.4, -0.2) is 11.5 Å². The van der Waals surface area contributed by atoms with Gasteiger partial charge in [0.1, 0.15) is 5.82 Å². The molecule has 0 radical (unpaired) electrons. The average Bonchev–Trinajstić information content (AvgIpc) is 2.48. The van der Waals surface area contributed by atoms with Crippen LogP contribution in [0.1, 0.15) is 24.1 Å². The second-order valence-electron chi connectivity index (χ2n) is 4.86. The Morgan fingerprint density at radius 3 is 2.52 bits per heavy atom. The van der Waals surface area contributed by atoms with Crippen molar-refractivity contribution < 1.29 is 9.31 Å². The zero-order valence-corrected chi connectivity index (χ0v) is 11.8. The summed E-state index contributed by atoms with van der Waals surface area (Å²) >= 11 is 0. The molecule has 0 aromatic heterocycles. The fourth-order valence-electron chi connectivity index (χ4n) is 2.19. The first-order valence-electron chi connectivity index (χ1n) is 6.79. The van der Waals surface area contributed by atoms with E-state index in [9.17, 15) is 14.5 Å². The van der Waals surface area contributed by atoms with Crippen LogP contribution in [0.2, 0.25) is 0 Å². The molecule has 2 aromatic carbocycles. The number of halogens is 1. The van der Waals surface area contributed by atoms with Gasteiger partial charge in [-0.25, -0.2) is 4.39 Å². The van der Waals surface area contributed by atoms with E-state index in [1.54, 1.807) is 30.3 Å². The van der Waals surface area contributed by atoms with Gasteiger partial charge in [0.25, 0.3) is 5.69 Å². The molecule has 0 spiro atoms. The highest BCUT2D eigenvalue weighted by atomic mass is 19.1. The van der Waals surface area contributed by atoms with Gasteiger partial charge in [0, 0.05) is 17.7 Å². The van der Waals surface area contributed by atoms with Gasteiger partial charge in [-0.05, 0) is 37.6 Å². The Bertz CT molecular complexity index is 614. The lowest BCUT2D eigenvalue weighted by Gasteiger charge is -2.14. The Kier molecular flexibility index (Phi) is 5.00. The summed E-state index contributed by atoms with van der Waals surface area (Å²) in [6, 6.07) is 13.1. The summed E-state index contributed by atoms with van der Waals surface area (Å²) in [6.07, 6.45) is 0.572. The van der Waals surface area contributed by atoms with E-state index in [4.69, 9.17) is 0 Å². The van der Waals surface area contributed by atoms with Crippen molar-refractivity contribution in [2.45, 2.75) is 19.4 Å². The van der Waals surface area contributed by atoms with Crippen molar-refractivity contribution in [3.8, 4) is 0 Å². The molecule has 2 rings (SSSR count). The van der Waals surface area contributed by atoms with Crippen LogP contribution in [0.15, 0.2) is 48.5 Å². The molecule has 0 unspecified atom stereocenters. The number of nitrogens with one attached hydrogen (secondary N) is 1. The molecule has 0 heterocycles. The topological polar surface area (TPSA) is 55.2 Å². The van der Waals surface area contributed by atoms with Gasteiger partial charge in [-0.2, -0.15) is 0 Å². The van der Waals surface area contributed by atoms with Gasteiger partial charge in [-0.3, -0.25) is 10.1 Å². The summed E-state index contributed by atoms with van der Waals surface area (Å²) in [5.74, 6) is -0.258. The summed E-state index contributed by atoms with van der Waals surface area (Å²) in [5, 5.41) is 14.2. The predicted molar refractivity (Wildman–Crippen MR) is 79.6 cm³/mol. The van der Waals surface area contributed by atoms with Gasteiger partial charge < -0.3 is 5.32 Å². The summed E-state index contributed by atoms with van der Waals surface area (Å²) < 4.78 is 12.9. The molecule has 21 heavy (non-hydrogen) atoms. The summed E-state index contributed by atoms with van der Waals surface area (Å²) in [5.41, 5.74) is 1.84. The van der Waals surface area contributed by atoms with E-state index in [-0.39, 0.29) is 22.5 Å².